The van der Waals surface area contributed by atoms with Crippen LogP contribution in [0.3, 0.4) is 0 Å². The maximum Gasteiger partial charge on any atom is 0.338 e. The molecule has 1 N–H and O–H groups in total. The molecule has 1 heterocycles. The van der Waals surface area contributed by atoms with Crippen LogP contribution in [0.5, 0.6) is 0 Å². The van der Waals surface area contributed by atoms with Crippen molar-refractivity contribution < 1.29 is 14.3 Å². The largest absolute Gasteiger partial charge is 0.462 e. The smallest absolute Gasteiger partial charge is 0.338 e. The molecule has 0 aliphatic heterocycles. The zero-order chi connectivity index (χ0) is 18.5. The van der Waals surface area contributed by atoms with Crippen LogP contribution in [0, 0.1) is 0 Å². The number of nitrogens with one attached hydrogen (secondary N) is 1. The minimum atomic E-state index is -0.377. The van der Waals surface area contributed by atoms with Gasteiger partial charge in [-0.3, -0.25) is 10.1 Å². The first kappa shape index (κ1) is 18.1. The third kappa shape index (κ3) is 4.47. The standard InChI is InChI=1S/C19H15ClN2O3S/c1-2-25-18(24)13-7-8-15-16(11-13)26-19(21-15)22-17(23)9-6-12-4-3-5-14(20)10-12/h3-11H,2H2,1H3,(H,21,22,23)/b9-6+. The van der Waals surface area contributed by atoms with Crippen LogP contribution in [-0.4, -0.2) is 23.5 Å². The third-order valence-electron chi connectivity index (χ3n) is 3.41. The van der Waals surface area contributed by atoms with E-state index in [1.807, 2.05) is 12.1 Å². The van der Waals surface area contributed by atoms with Gasteiger partial charge in [0.05, 0.1) is 22.4 Å². The van der Waals surface area contributed by atoms with Crippen molar-refractivity contribution in [2.24, 2.45) is 0 Å². The predicted molar refractivity (Wildman–Crippen MR) is 105 cm³/mol. The van der Waals surface area contributed by atoms with E-state index in [2.05, 4.69) is 10.3 Å². The second kappa shape index (κ2) is 8.12. The average Bonchev–Trinajstić information content (AvgIpc) is 3.01. The first-order chi connectivity index (χ1) is 12.5. The monoisotopic (exact) mass is 386 g/mol. The minimum absolute atomic E-state index is 0.297. The van der Waals surface area contributed by atoms with E-state index in [1.54, 1.807) is 43.3 Å². The van der Waals surface area contributed by atoms with Gasteiger partial charge >= 0.3 is 5.97 Å². The van der Waals surface area contributed by atoms with E-state index in [4.69, 9.17) is 16.3 Å². The summed E-state index contributed by atoms with van der Waals surface area (Å²) in [6.45, 7) is 2.08. The van der Waals surface area contributed by atoms with Crippen LogP contribution >= 0.6 is 22.9 Å². The van der Waals surface area contributed by atoms with Gasteiger partial charge in [0.15, 0.2) is 5.13 Å². The van der Waals surface area contributed by atoms with Crippen molar-refractivity contribution in [1.29, 1.82) is 0 Å². The summed E-state index contributed by atoms with van der Waals surface area (Å²) in [6, 6.07) is 12.3. The van der Waals surface area contributed by atoms with Gasteiger partial charge in [-0.15, -0.1) is 0 Å². The molecule has 3 aromatic rings. The van der Waals surface area contributed by atoms with E-state index in [9.17, 15) is 9.59 Å². The second-order valence-corrected chi connectivity index (χ2v) is 6.77. The predicted octanol–water partition coefficient (Wildman–Crippen LogP) is 4.78. The first-order valence-corrected chi connectivity index (χ1v) is 9.07. The van der Waals surface area contributed by atoms with Crippen molar-refractivity contribution in [2.75, 3.05) is 11.9 Å². The molecule has 132 valence electrons. The molecule has 1 aromatic heterocycles. The van der Waals surface area contributed by atoms with Gasteiger partial charge in [0.1, 0.15) is 0 Å². The molecular formula is C19H15ClN2O3S. The highest BCUT2D eigenvalue weighted by atomic mass is 35.5. The van der Waals surface area contributed by atoms with E-state index in [1.165, 1.54) is 17.4 Å². The number of halogens is 1. The maximum atomic E-state index is 12.1. The molecule has 0 unspecified atom stereocenters. The Morgan fingerprint density at radius 2 is 2.12 bits per heavy atom. The first-order valence-electron chi connectivity index (χ1n) is 7.87. The molecule has 2 aromatic carbocycles. The highest BCUT2D eigenvalue weighted by Crippen LogP contribution is 2.27. The number of hydrogen-bond acceptors (Lipinski definition) is 5. The summed E-state index contributed by atoms with van der Waals surface area (Å²) in [4.78, 5) is 28.2. The Labute approximate surface area is 159 Å². The molecule has 0 aliphatic carbocycles. The van der Waals surface area contributed by atoms with Crippen LogP contribution < -0.4 is 5.32 Å². The van der Waals surface area contributed by atoms with Crippen molar-refractivity contribution in [2.45, 2.75) is 6.92 Å². The fourth-order valence-corrected chi connectivity index (χ4v) is 3.36. The molecule has 0 aliphatic rings. The van der Waals surface area contributed by atoms with Crippen molar-refractivity contribution >= 4 is 56.2 Å². The molecule has 0 saturated carbocycles. The van der Waals surface area contributed by atoms with Gasteiger partial charge in [0.2, 0.25) is 5.91 Å². The van der Waals surface area contributed by atoms with Crippen LogP contribution in [0.2, 0.25) is 5.02 Å². The van der Waals surface area contributed by atoms with E-state index >= 15 is 0 Å². The average molecular weight is 387 g/mol. The summed E-state index contributed by atoms with van der Waals surface area (Å²) in [6.07, 6.45) is 3.09. The lowest BCUT2D eigenvalue weighted by molar-refractivity contribution is -0.111. The molecule has 7 heteroatoms. The normalized spacial score (nSPS) is 11.0. The van der Waals surface area contributed by atoms with Gasteiger partial charge in [-0.1, -0.05) is 35.1 Å². The number of hydrogen-bond donors (Lipinski definition) is 1. The van der Waals surface area contributed by atoms with Gasteiger partial charge in [0, 0.05) is 11.1 Å². The van der Waals surface area contributed by atoms with Crippen molar-refractivity contribution in [3.8, 4) is 0 Å². The maximum absolute atomic E-state index is 12.1. The topological polar surface area (TPSA) is 68.3 Å². The van der Waals surface area contributed by atoms with Crippen molar-refractivity contribution in [1.82, 2.24) is 4.98 Å². The lowest BCUT2D eigenvalue weighted by atomic mass is 10.2. The molecule has 3 rings (SSSR count). The van der Waals surface area contributed by atoms with Gasteiger partial charge < -0.3 is 4.74 Å². The number of ether oxygens (including phenoxy) is 1. The molecule has 0 radical (unpaired) electrons. The number of carbonyl (C=O) groups is 2. The molecule has 0 saturated heterocycles. The molecule has 0 bridgehead atoms. The van der Waals surface area contributed by atoms with Crippen LogP contribution in [0.15, 0.2) is 48.5 Å². The Balaban J connectivity index is 1.72. The van der Waals surface area contributed by atoms with Crippen LogP contribution in [-0.2, 0) is 9.53 Å². The lowest BCUT2D eigenvalue weighted by Gasteiger charge is -2.00. The number of nitrogens with zero attached hydrogens (tertiary/aromatic N) is 1. The molecular weight excluding hydrogens is 372 g/mol. The summed E-state index contributed by atoms with van der Waals surface area (Å²) in [5.74, 6) is -0.674. The number of esters is 1. The number of carbonyl (C=O) groups excluding carboxylic acids is 2. The number of amides is 1. The number of anilines is 1. The summed E-state index contributed by atoms with van der Waals surface area (Å²) in [7, 11) is 0. The second-order valence-electron chi connectivity index (χ2n) is 5.30. The summed E-state index contributed by atoms with van der Waals surface area (Å²) in [5.41, 5.74) is 2.00. The molecule has 0 spiro atoms. The van der Waals surface area contributed by atoms with E-state index in [0.29, 0.717) is 27.8 Å². The van der Waals surface area contributed by atoms with Crippen molar-refractivity contribution in [3.05, 3.63) is 64.7 Å². The van der Waals surface area contributed by atoms with Gasteiger partial charge in [-0.05, 0) is 48.9 Å². The zero-order valence-corrected chi connectivity index (χ0v) is 15.4. The van der Waals surface area contributed by atoms with Crippen molar-refractivity contribution in [3.63, 3.8) is 0 Å². The Kier molecular flexibility index (Phi) is 5.65. The fraction of sp³-hybridized carbons (Fsp3) is 0.105. The van der Waals surface area contributed by atoms with Gasteiger partial charge in [-0.2, -0.15) is 0 Å². The summed E-state index contributed by atoms with van der Waals surface area (Å²) < 4.78 is 5.78. The fourth-order valence-electron chi connectivity index (χ4n) is 2.25. The Bertz CT molecular complexity index is 997. The number of aromatic nitrogens is 1. The highest BCUT2D eigenvalue weighted by molar-refractivity contribution is 7.22. The molecule has 1 amide bonds. The molecule has 0 atom stereocenters. The van der Waals surface area contributed by atoms with E-state index in [-0.39, 0.29) is 11.9 Å². The molecule has 5 nitrogen and oxygen atoms in total. The van der Waals surface area contributed by atoms with Crippen LogP contribution in [0.1, 0.15) is 22.8 Å². The van der Waals surface area contributed by atoms with Gasteiger partial charge in [-0.25, -0.2) is 9.78 Å². The third-order valence-corrected chi connectivity index (χ3v) is 4.57. The Morgan fingerprint density at radius 1 is 1.27 bits per heavy atom. The van der Waals surface area contributed by atoms with Gasteiger partial charge in [0.25, 0.3) is 0 Å². The Morgan fingerprint density at radius 3 is 2.88 bits per heavy atom. The SMILES string of the molecule is CCOC(=O)c1ccc2nc(NC(=O)/C=C/c3cccc(Cl)c3)sc2c1. The van der Waals surface area contributed by atoms with Crippen LogP contribution in [0.4, 0.5) is 5.13 Å². The number of rotatable bonds is 5. The molecule has 0 fully saturated rings. The van der Waals surface area contributed by atoms with E-state index in [0.717, 1.165) is 10.3 Å². The minimum Gasteiger partial charge on any atom is -0.462 e. The number of benzene rings is 2. The summed E-state index contributed by atoms with van der Waals surface area (Å²) >= 11 is 7.21. The molecule has 26 heavy (non-hydrogen) atoms. The number of fused-ring (bicyclic) bond motifs is 1. The zero-order valence-electron chi connectivity index (χ0n) is 13.9. The quantitative estimate of drug-likeness (QED) is 0.506. The number of thiazole rings is 1. The van der Waals surface area contributed by atoms with Crippen LogP contribution in [0.25, 0.3) is 16.3 Å². The summed E-state index contributed by atoms with van der Waals surface area (Å²) in [5, 5.41) is 3.79. The Hall–Kier alpha value is -2.70. The van der Waals surface area contributed by atoms with E-state index < -0.39 is 0 Å². The highest BCUT2D eigenvalue weighted by Gasteiger charge is 2.11. The lowest BCUT2D eigenvalue weighted by Crippen LogP contribution is -2.07.